The number of H-pyrrole nitrogens is 1. The summed E-state index contributed by atoms with van der Waals surface area (Å²) < 4.78 is 28.0. The SMILES string of the molecule is O=C(O)c1ccc2c(c1)[nH]c(=O)n2-c1cc(F)ccc1F. The Bertz CT molecular complexity index is 928. The van der Waals surface area contributed by atoms with Gasteiger partial charge in [-0.3, -0.25) is 4.57 Å². The number of nitrogens with zero attached hydrogens (tertiary/aromatic N) is 1. The number of carboxylic acids is 1. The molecule has 0 aliphatic carbocycles. The summed E-state index contributed by atoms with van der Waals surface area (Å²) in [6.45, 7) is 0. The number of fused-ring (bicyclic) bond motifs is 1. The Labute approximate surface area is 116 Å². The van der Waals surface area contributed by atoms with Crippen LogP contribution in [-0.4, -0.2) is 20.6 Å². The van der Waals surface area contributed by atoms with Crippen LogP contribution >= 0.6 is 0 Å². The van der Waals surface area contributed by atoms with Gasteiger partial charge in [0, 0.05) is 6.07 Å². The standard InChI is InChI=1S/C14H8F2N2O3/c15-8-2-3-9(16)12(6-8)18-11-4-1-7(13(19)20)5-10(11)17-14(18)21/h1-6H,(H,17,21)(H,19,20). The highest BCUT2D eigenvalue weighted by molar-refractivity contribution is 5.92. The Morgan fingerprint density at radius 2 is 1.90 bits per heavy atom. The Balaban J connectivity index is 2.33. The van der Waals surface area contributed by atoms with E-state index in [2.05, 4.69) is 4.98 Å². The third-order valence-corrected chi connectivity index (χ3v) is 3.08. The normalized spacial score (nSPS) is 11.0. The first-order valence-corrected chi connectivity index (χ1v) is 5.91. The fourth-order valence-electron chi connectivity index (χ4n) is 2.14. The van der Waals surface area contributed by atoms with Gasteiger partial charge in [-0.05, 0) is 30.3 Å². The summed E-state index contributed by atoms with van der Waals surface area (Å²) in [6.07, 6.45) is 0. The molecule has 1 aromatic heterocycles. The van der Waals surface area contributed by atoms with Crippen LogP contribution in [0.5, 0.6) is 0 Å². The van der Waals surface area contributed by atoms with Crippen molar-refractivity contribution in [2.45, 2.75) is 0 Å². The summed E-state index contributed by atoms with van der Waals surface area (Å²) in [5, 5.41) is 8.91. The number of benzene rings is 2. The fraction of sp³-hybridized carbons (Fsp3) is 0. The van der Waals surface area contributed by atoms with Gasteiger partial charge in [0.2, 0.25) is 0 Å². The van der Waals surface area contributed by atoms with E-state index >= 15 is 0 Å². The van der Waals surface area contributed by atoms with Crippen molar-refractivity contribution in [1.82, 2.24) is 9.55 Å². The Hall–Kier alpha value is -2.96. The van der Waals surface area contributed by atoms with E-state index in [0.29, 0.717) is 0 Å². The lowest BCUT2D eigenvalue weighted by molar-refractivity contribution is 0.0697. The van der Waals surface area contributed by atoms with Crippen LogP contribution in [0.2, 0.25) is 0 Å². The first kappa shape index (κ1) is 13.0. The topological polar surface area (TPSA) is 75.1 Å². The van der Waals surface area contributed by atoms with Crippen molar-refractivity contribution in [3.63, 3.8) is 0 Å². The van der Waals surface area contributed by atoms with E-state index in [-0.39, 0.29) is 22.3 Å². The van der Waals surface area contributed by atoms with Crippen molar-refractivity contribution in [3.8, 4) is 5.69 Å². The molecule has 0 radical (unpaired) electrons. The lowest BCUT2D eigenvalue weighted by Gasteiger charge is -2.05. The summed E-state index contributed by atoms with van der Waals surface area (Å²) in [6, 6.07) is 6.66. The van der Waals surface area contributed by atoms with Crippen molar-refractivity contribution in [1.29, 1.82) is 0 Å². The van der Waals surface area contributed by atoms with Gasteiger partial charge < -0.3 is 10.1 Å². The van der Waals surface area contributed by atoms with E-state index in [1.165, 1.54) is 18.2 Å². The van der Waals surface area contributed by atoms with Crippen LogP contribution < -0.4 is 5.69 Å². The van der Waals surface area contributed by atoms with Crippen LogP contribution in [0.25, 0.3) is 16.7 Å². The number of aromatic amines is 1. The first-order valence-electron chi connectivity index (χ1n) is 5.91. The van der Waals surface area contributed by atoms with Crippen LogP contribution in [-0.2, 0) is 0 Å². The molecule has 1 heterocycles. The number of rotatable bonds is 2. The first-order chi connectivity index (χ1) is 9.97. The van der Waals surface area contributed by atoms with E-state index in [9.17, 15) is 18.4 Å². The lowest BCUT2D eigenvalue weighted by Crippen LogP contribution is -2.16. The molecule has 0 atom stereocenters. The maximum Gasteiger partial charge on any atom is 0.335 e. The summed E-state index contributed by atoms with van der Waals surface area (Å²) in [5.41, 5.74) is -0.458. The molecule has 0 fully saturated rings. The van der Waals surface area contributed by atoms with Gasteiger partial charge in [0.15, 0.2) is 0 Å². The highest BCUT2D eigenvalue weighted by atomic mass is 19.1. The van der Waals surface area contributed by atoms with E-state index in [0.717, 1.165) is 22.8 Å². The summed E-state index contributed by atoms with van der Waals surface area (Å²) in [4.78, 5) is 25.3. The number of hydrogen-bond acceptors (Lipinski definition) is 2. The van der Waals surface area contributed by atoms with Gasteiger partial charge in [0.25, 0.3) is 0 Å². The number of carboxylic acid groups (broad SMARTS) is 1. The Morgan fingerprint density at radius 3 is 2.62 bits per heavy atom. The maximum absolute atomic E-state index is 13.8. The molecule has 3 rings (SSSR count). The number of aromatic carboxylic acids is 1. The van der Waals surface area contributed by atoms with Gasteiger partial charge in [0.1, 0.15) is 11.6 Å². The van der Waals surface area contributed by atoms with Gasteiger partial charge in [-0.2, -0.15) is 0 Å². The quantitative estimate of drug-likeness (QED) is 0.760. The van der Waals surface area contributed by atoms with E-state index < -0.39 is 23.3 Å². The predicted octanol–water partition coefficient (Wildman–Crippen LogP) is 2.30. The highest BCUT2D eigenvalue weighted by Gasteiger charge is 2.15. The molecule has 3 aromatic rings. The maximum atomic E-state index is 13.8. The van der Waals surface area contributed by atoms with Crippen molar-refractivity contribution in [2.24, 2.45) is 0 Å². The average Bonchev–Trinajstić information content (AvgIpc) is 2.76. The molecule has 0 spiro atoms. The van der Waals surface area contributed by atoms with Gasteiger partial charge in [-0.1, -0.05) is 0 Å². The molecule has 0 unspecified atom stereocenters. The number of imidazole rings is 1. The summed E-state index contributed by atoms with van der Waals surface area (Å²) in [5.74, 6) is -2.60. The van der Waals surface area contributed by atoms with Crippen molar-refractivity contribution >= 4 is 17.0 Å². The second-order valence-electron chi connectivity index (χ2n) is 4.40. The van der Waals surface area contributed by atoms with Gasteiger partial charge in [-0.25, -0.2) is 18.4 Å². The smallest absolute Gasteiger partial charge is 0.335 e. The second kappa shape index (κ2) is 4.55. The fourth-order valence-corrected chi connectivity index (χ4v) is 2.14. The second-order valence-corrected chi connectivity index (χ2v) is 4.40. The molecular weight excluding hydrogens is 282 g/mol. The molecule has 0 amide bonds. The Kier molecular flexibility index (Phi) is 2.83. The third kappa shape index (κ3) is 2.08. The molecule has 0 aliphatic heterocycles. The van der Waals surface area contributed by atoms with Crippen LogP contribution in [0, 0.1) is 11.6 Å². The van der Waals surface area contributed by atoms with Gasteiger partial charge >= 0.3 is 11.7 Å². The van der Waals surface area contributed by atoms with Crippen molar-refractivity contribution in [3.05, 3.63) is 64.1 Å². The molecule has 106 valence electrons. The summed E-state index contributed by atoms with van der Waals surface area (Å²) >= 11 is 0. The Morgan fingerprint density at radius 1 is 1.14 bits per heavy atom. The van der Waals surface area contributed by atoms with Crippen LogP contribution in [0.3, 0.4) is 0 Å². The minimum atomic E-state index is -1.15. The number of aromatic nitrogens is 2. The monoisotopic (exact) mass is 290 g/mol. The molecule has 2 N–H and O–H groups in total. The van der Waals surface area contributed by atoms with Crippen molar-refractivity contribution in [2.75, 3.05) is 0 Å². The van der Waals surface area contributed by atoms with Crippen LogP contribution in [0.15, 0.2) is 41.2 Å². The van der Waals surface area contributed by atoms with Crippen LogP contribution in [0.1, 0.15) is 10.4 Å². The number of halogens is 2. The lowest BCUT2D eigenvalue weighted by atomic mass is 10.2. The van der Waals surface area contributed by atoms with Gasteiger partial charge in [-0.15, -0.1) is 0 Å². The number of carbonyl (C=O) groups is 1. The zero-order valence-electron chi connectivity index (χ0n) is 10.4. The molecule has 0 aliphatic rings. The molecule has 0 saturated carbocycles. The van der Waals surface area contributed by atoms with E-state index in [1.54, 1.807) is 0 Å². The zero-order chi connectivity index (χ0) is 15.1. The molecule has 0 bridgehead atoms. The number of hydrogen-bond donors (Lipinski definition) is 2. The minimum Gasteiger partial charge on any atom is -0.478 e. The zero-order valence-corrected chi connectivity index (χ0v) is 10.4. The molecule has 5 nitrogen and oxygen atoms in total. The predicted molar refractivity (Wildman–Crippen MR) is 70.8 cm³/mol. The summed E-state index contributed by atoms with van der Waals surface area (Å²) in [7, 11) is 0. The average molecular weight is 290 g/mol. The van der Waals surface area contributed by atoms with Gasteiger partial charge in [0.05, 0.1) is 22.3 Å². The molecule has 21 heavy (non-hydrogen) atoms. The van der Waals surface area contributed by atoms with Crippen molar-refractivity contribution < 1.29 is 18.7 Å². The molecule has 2 aromatic carbocycles. The highest BCUT2D eigenvalue weighted by Crippen LogP contribution is 2.20. The van der Waals surface area contributed by atoms with E-state index in [1.807, 2.05) is 0 Å². The number of nitrogens with one attached hydrogen (secondary N) is 1. The van der Waals surface area contributed by atoms with E-state index in [4.69, 9.17) is 5.11 Å². The molecule has 7 heteroatoms. The van der Waals surface area contributed by atoms with Crippen LogP contribution in [0.4, 0.5) is 8.78 Å². The molecule has 0 saturated heterocycles. The minimum absolute atomic E-state index is 0.0179. The largest absolute Gasteiger partial charge is 0.478 e. The third-order valence-electron chi connectivity index (χ3n) is 3.08. The molecular formula is C14H8F2N2O3.